The second-order valence-corrected chi connectivity index (χ2v) is 10.5. The lowest BCUT2D eigenvalue weighted by molar-refractivity contribution is 0.0682. The molecule has 4 aromatic carbocycles. The lowest BCUT2D eigenvalue weighted by Gasteiger charge is -2.31. The highest BCUT2D eigenvalue weighted by molar-refractivity contribution is 7.97. The molecular formula is C29H24F3OS+. The summed E-state index contributed by atoms with van der Waals surface area (Å²) in [6, 6.07) is 29.0. The fourth-order valence-electron chi connectivity index (χ4n) is 4.60. The van der Waals surface area contributed by atoms with Crippen LogP contribution in [0.25, 0.3) is 0 Å². The number of hydrogen-bond acceptors (Lipinski definition) is 1. The SMILES string of the molecule is Fc1ccc(C2(Oc3cc([S+](c4ccccc4)c4ccccc4)ccc3F)CCCC2)cc1F. The van der Waals surface area contributed by atoms with Gasteiger partial charge < -0.3 is 4.74 Å². The van der Waals surface area contributed by atoms with E-state index in [0.717, 1.165) is 33.6 Å². The van der Waals surface area contributed by atoms with E-state index in [2.05, 4.69) is 24.3 Å². The van der Waals surface area contributed by atoms with Crippen LogP contribution in [0.5, 0.6) is 5.75 Å². The number of benzene rings is 4. The van der Waals surface area contributed by atoms with E-state index in [-0.39, 0.29) is 5.75 Å². The molecule has 0 unspecified atom stereocenters. The lowest BCUT2D eigenvalue weighted by atomic mass is 9.91. The Morgan fingerprint density at radius 2 is 1.18 bits per heavy atom. The van der Waals surface area contributed by atoms with Gasteiger partial charge in [0, 0.05) is 6.07 Å². The van der Waals surface area contributed by atoms with Gasteiger partial charge in [-0.1, -0.05) is 42.5 Å². The first-order valence-corrected chi connectivity index (χ1v) is 12.6. The molecule has 0 amide bonds. The van der Waals surface area contributed by atoms with E-state index in [1.54, 1.807) is 18.2 Å². The first kappa shape index (κ1) is 22.6. The predicted octanol–water partition coefficient (Wildman–Crippen LogP) is 8.05. The first-order chi connectivity index (χ1) is 16.6. The van der Waals surface area contributed by atoms with Gasteiger partial charge in [-0.25, -0.2) is 13.2 Å². The molecule has 1 saturated carbocycles. The van der Waals surface area contributed by atoms with Crippen molar-refractivity contribution in [3.8, 4) is 5.75 Å². The molecule has 0 atom stereocenters. The second kappa shape index (κ2) is 9.59. The van der Waals surface area contributed by atoms with Crippen molar-refractivity contribution in [2.75, 3.05) is 0 Å². The van der Waals surface area contributed by atoms with Gasteiger partial charge in [0.1, 0.15) is 5.60 Å². The average molecular weight is 478 g/mol. The Bertz CT molecular complexity index is 1230. The maximum atomic E-state index is 15.1. The van der Waals surface area contributed by atoms with Gasteiger partial charge in [0.05, 0.1) is 10.9 Å². The predicted molar refractivity (Wildman–Crippen MR) is 129 cm³/mol. The molecule has 5 rings (SSSR count). The van der Waals surface area contributed by atoms with Gasteiger partial charge in [0.15, 0.2) is 37.9 Å². The molecule has 0 heterocycles. The van der Waals surface area contributed by atoms with Crippen molar-refractivity contribution in [1.82, 2.24) is 0 Å². The monoisotopic (exact) mass is 477 g/mol. The molecule has 0 radical (unpaired) electrons. The topological polar surface area (TPSA) is 9.23 Å². The number of ether oxygens (including phenoxy) is 1. The Hall–Kier alpha value is -3.18. The molecule has 0 aromatic heterocycles. The molecular weight excluding hydrogens is 453 g/mol. The minimum Gasteiger partial charge on any atom is -0.479 e. The van der Waals surface area contributed by atoms with Crippen molar-refractivity contribution in [2.24, 2.45) is 0 Å². The van der Waals surface area contributed by atoms with Crippen molar-refractivity contribution < 1.29 is 17.9 Å². The summed E-state index contributed by atoms with van der Waals surface area (Å²) in [5, 5.41) is 0. The van der Waals surface area contributed by atoms with Crippen LogP contribution < -0.4 is 4.74 Å². The summed E-state index contributed by atoms with van der Waals surface area (Å²) in [5.41, 5.74) is -0.342. The summed E-state index contributed by atoms with van der Waals surface area (Å²) in [5.74, 6) is -2.16. The maximum absolute atomic E-state index is 15.1. The quantitative estimate of drug-likeness (QED) is 0.255. The molecule has 0 aliphatic heterocycles. The third kappa shape index (κ3) is 4.45. The summed E-state index contributed by atoms with van der Waals surface area (Å²) >= 11 is 0. The van der Waals surface area contributed by atoms with E-state index in [1.165, 1.54) is 12.1 Å². The van der Waals surface area contributed by atoms with Crippen molar-refractivity contribution in [3.05, 3.63) is 120 Å². The van der Waals surface area contributed by atoms with Gasteiger partial charge >= 0.3 is 0 Å². The molecule has 4 aromatic rings. The molecule has 0 N–H and O–H groups in total. The van der Waals surface area contributed by atoms with E-state index in [4.69, 9.17) is 4.74 Å². The van der Waals surface area contributed by atoms with Crippen LogP contribution in [0.1, 0.15) is 31.2 Å². The fourth-order valence-corrected chi connectivity index (χ4v) is 6.70. The summed E-state index contributed by atoms with van der Waals surface area (Å²) < 4.78 is 49.1. The van der Waals surface area contributed by atoms with Crippen LogP contribution in [0.3, 0.4) is 0 Å². The molecule has 1 nitrogen and oxygen atoms in total. The van der Waals surface area contributed by atoms with Crippen molar-refractivity contribution in [1.29, 1.82) is 0 Å². The van der Waals surface area contributed by atoms with Crippen LogP contribution >= 0.6 is 0 Å². The van der Waals surface area contributed by atoms with Crippen molar-refractivity contribution >= 4 is 10.9 Å². The van der Waals surface area contributed by atoms with E-state index in [1.807, 2.05) is 36.4 Å². The van der Waals surface area contributed by atoms with E-state index >= 15 is 4.39 Å². The van der Waals surface area contributed by atoms with Gasteiger partial charge in [0.25, 0.3) is 0 Å². The summed E-state index contributed by atoms with van der Waals surface area (Å²) in [6.45, 7) is 0. The van der Waals surface area contributed by atoms with Gasteiger partial charge in [-0.05, 0) is 79.8 Å². The number of hydrogen-bond donors (Lipinski definition) is 0. The zero-order chi connectivity index (χ0) is 23.5. The molecule has 1 aliphatic carbocycles. The van der Waals surface area contributed by atoms with Gasteiger partial charge in [-0.2, -0.15) is 0 Å². The molecule has 1 aliphatic rings. The number of halogens is 3. The summed E-state index contributed by atoms with van der Waals surface area (Å²) in [7, 11) is -0.457. The van der Waals surface area contributed by atoms with Crippen LogP contribution in [0.15, 0.2) is 112 Å². The van der Waals surface area contributed by atoms with E-state index in [9.17, 15) is 8.78 Å². The Kier molecular flexibility index (Phi) is 6.38. The molecule has 5 heteroatoms. The highest BCUT2D eigenvalue weighted by Gasteiger charge is 2.40. The zero-order valence-electron chi connectivity index (χ0n) is 18.5. The molecule has 34 heavy (non-hydrogen) atoms. The summed E-state index contributed by atoms with van der Waals surface area (Å²) in [4.78, 5) is 3.15. The van der Waals surface area contributed by atoms with E-state index < -0.39 is 33.9 Å². The highest BCUT2D eigenvalue weighted by atomic mass is 32.2. The Morgan fingerprint density at radius 1 is 0.588 bits per heavy atom. The van der Waals surface area contributed by atoms with Crippen LogP contribution in [-0.4, -0.2) is 0 Å². The fraction of sp³-hybridized carbons (Fsp3) is 0.172. The molecule has 0 bridgehead atoms. The molecule has 1 fully saturated rings. The first-order valence-electron chi connectivity index (χ1n) is 11.3. The minimum atomic E-state index is -0.920. The van der Waals surface area contributed by atoms with Crippen LogP contribution in [0, 0.1) is 17.5 Å². The molecule has 0 saturated heterocycles. The van der Waals surface area contributed by atoms with Gasteiger partial charge in [-0.15, -0.1) is 0 Å². The van der Waals surface area contributed by atoms with Crippen molar-refractivity contribution in [3.63, 3.8) is 0 Å². The van der Waals surface area contributed by atoms with Gasteiger partial charge in [-0.3, -0.25) is 0 Å². The Labute approximate surface area is 200 Å². The van der Waals surface area contributed by atoms with Crippen molar-refractivity contribution in [2.45, 2.75) is 46.0 Å². The maximum Gasteiger partial charge on any atom is 0.170 e. The summed E-state index contributed by atoms with van der Waals surface area (Å²) in [6.07, 6.45) is 2.98. The normalized spacial score (nSPS) is 14.9. The third-order valence-corrected chi connectivity index (χ3v) is 8.47. The molecule has 0 spiro atoms. The molecule has 172 valence electrons. The Balaban J connectivity index is 1.57. The third-order valence-electron chi connectivity index (χ3n) is 6.26. The minimum absolute atomic E-state index is 0.133. The Morgan fingerprint density at radius 3 is 1.76 bits per heavy atom. The van der Waals surface area contributed by atoms with Crippen LogP contribution in [-0.2, 0) is 16.5 Å². The number of rotatable bonds is 6. The lowest BCUT2D eigenvalue weighted by Crippen LogP contribution is -2.30. The smallest absolute Gasteiger partial charge is 0.170 e. The van der Waals surface area contributed by atoms with Gasteiger partial charge in [0.2, 0.25) is 0 Å². The zero-order valence-corrected chi connectivity index (χ0v) is 19.3. The standard InChI is InChI=1S/C29H24F3OS/c30-25-15-13-21(19-27(25)32)29(17-7-8-18-29)33-28-20-24(14-16-26(28)31)34(22-9-3-1-4-10-22)23-11-5-2-6-12-23/h1-6,9-16,19-20H,7-8,17-18H2/q+1. The van der Waals surface area contributed by atoms with E-state index in [0.29, 0.717) is 18.4 Å². The average Bonchev–Trinajstić information content (AvgIpc) is 3.34. The largest absolute Gasteiger partial charge is 0.479 e. The van der Waals surface area contributed by atoms with Crippen LogP contribution in [0.4, 0.5) is 13.2 Å². The highest BCUT2D eigenvalue weighted by Crippen LogP contribution is 2.44. The second-order valence-electron chi connectivity index (χ2n) is 8.46. The van der Waals surface area contributed by atoms with Crippen LogP contribution in [0.2, 0.25) is 0 Å².